The Kier molecular flexibility index (Phi) is 5.61. The van der Waals surface area contributed by atoms with Crippen LogP contribution in [0.25, 0.3) is 0 Å². The second kappa shape index (κ2) is 8.06. The third-order valence-corrected chi connectivity index (χ3v) is 7.10. The fraction of sp³-hybridized carbons (Fsp3) is 0.464. The van der Waals surface area contributed by atoms with Crippen LogP contribution in [-0.4, -0.2) is 23.1 Å². The van der Waals surface area contributed by atoms with Crippen LogP contribution in [0.15, 0.2) is 61.2 Å². The standard InChI is InChI=1S/C28H36NO/c1-7-15-28(6)17-24(23-10-8-9-21(5)16-23)26(22-13-11-20(4)12-14-22)29-25(19(2)3)18-30-27(28)29/h7-14,16,19,24-26H,1,15,17-18H2,2-6H3/q+1/t24-,25?,26-,28+/m1/s1. The molecule has 30 heavy (non-hydrogen) atoms. The van der Waals surface area contributed by atoms with Gasteiger partial charge in [-0.15, -0.1) is 6.58 Å². The zero-order valence-electron chi connectivity index (χ0n) is 19.2. The van der Waals surface area contributed by atoms with E-state index in [9.17, 15) is 0 Å². The van der Waals surface area contributed by atoms with Gasteiger partial charge in [0.2, 0.25) is 0 Å². The Bertz CT molecular complexity index is 955. The number of ether oxygens (including phenoxy) is 1. The molecule has 0 amide bonds. The van der Waals surface area contributed by atoms with E-state index in [1.165, 1.54) is 28.2 Å². The Hall–Kier alpha value is -2.35. The van der Waals surface area contributed by atoms with E-state index in [2.05, 4.69) is 100 Å². The Morgan fingerprint density at radius 1 is 1.10 bits per heavy atom. The summed E-state index contributed by atoms with van der Waals surface area (Å²) >= 11 is 0. The number of rotatable bonds is 5. The Labute approximate surface area is 182 Å². The van der Waals surface area contributed by atoms with Crippen LogP contribution >= 0.6 is 0 Å². The SMILES string of the molecule is C=CC[C@@]1(C)C[C@H](c2cccc(C)c2)[C@@H](c2ccc(C)cc2)[N+]2=C1OCC2C(C)C. The van der Waals surface area contributed by atoms with Crippen molar-refractivity contribution in [3.63, 3.8) is 0 Å². The lowest BCUT2D eigenvalue weighted by Crippen LogP contribution is -2.46. The summed E-state index contributed by atoms with van der Waals surface area (Å²) in [4.78, 5) is 0. The van der Waals surface area contributed by atoms with E-state index in [0.717, 1.165) is 19.4 Å². The largest absolute Gasteiger partial charge is 0.441 e. The van der Waals surface area contributed by atoms with E-state index in [4.69, 9.17) is 4.74 Å². The van der Waals surface area contributed by atoms with Gasteiger partial charge < -0.3 is 4.74 Å². The minimum Gasteiger partial charge on any atom is -0.441 e. The molecule has 4 rings (SSSR count). The van der Waals surface area contributed by atoms with Crippen LogP contribution < -0.4 is 0 Å². The predicted molar refractivity (Wildman–Crippen MR) is 125 cm³/mol. The number of allylic oxidation sites excluding steroid dienone is 1. The first-order chi connectivity index (χ1) is 14.3. The molecule has 2 heterocycles. The predicted octanol–water partition coefficient (Wildman–Crippen LogP) is 6.58. The van der Waals surface area contributed by atoms with Crippen molar-refractivity contribution in [2.45, 2.75) is 65.5 Å². The number of aryl methyl sites for hydroxylation is 2. The number of nitrogens with zero attached hydrogens (tertiary/aromatic N) is 1. The quantitative estimate of drug-likeness (QED) is 0.406. The molecule has 0 aromatic heterocycles. The van der Waals surface area contributed by atoms with E-state index in [-0.39, 0.29) is 11.5 Å². The van der Waals surface area contributed by atoms with Gasteiger partial charge in [-0.25, -0.2) is 0 Å². The van der Waals surface area contributed by atoms with Gasteiger partial charge in [-0.3, -0.25) is 0 Å². The molecule has 0 radical (unpaired) electrons. The molecule has 2 aliphatic heterocycles. The van der Waals surface area contributed by atoms with Gasteiger partial charge in [0.15, 0.2) is 18.7 Å². The fourth-order valence-corrected chi connectivity index (χ4v) is 5.53. The zero-order chi connectivity index (χ0) is 21.5. The van der Waals surface area contributed by atoms with Crippen LogP contribution in [0.5, 0.6) is 0 Å². The molecule has 2 aliphatic rings. The molecule has 0 saturated carbocycles. The first-order valence-electron chi connectivity index (χ1n) is 11.4. The lowest BCUT2D eigenvalue weighted by Gasteiger charge is -2.39. The van der Waals surface area contributed by atoms with E-state index in [1.807, 2.05) is 0 Å². The molecular weight excluding hydrogens is 366 g/mol. The van der Waals surface area contributed by atoms with Gasteiger partial charge in [-0.1, -0.05) is 79.6 Å². The maximum atomic E-state index is 6.48. The van der Waals surface area contributed by atoms with Crippen molar-refractivity contribution in [1.82, 2.24) is 0 Å². The molecule has 0 N–H and O–H groups in total. The molecule has 2 aromatic rings. The average molecular weight is 403 g/mol. The molecule has 2 nitrogen and oxygen atoms in total. The van der Waals surface area contributed by atoms with Crippen molar-refractivity contribution in [2.75, 3.05) is 6.61 Å². The highest BCUT2D eigenvalue weighted by atomic mass is 16.5. The molecule has 0 bridgehead atoms. The second-order valence-corrected chi connectivity index (χ2v) is 9.97. The van der Waals surface area contributed by atoms with Gasteiger partial charge in [-0.05, 0) is 39.2 Å². The Morgan fingerprint density at radius 3 is 2.47 bits per heavy atom. The van der Waals surface area contributed by atoms with Crippen molar-refractivity contribution in [3.05, 3.63) is 83.4 Å². The summed E-state index contributed by atoms with van der Waals surface area (Å²) < 4.78 is 9.13. The van der Waals surface area contributed by atoms with E-state index in [1.54, 1.807) is 0 Å². The van der Waals surface area contributed by atoms with Crippen LogP contribution in [-0.2, 0) is 4.74 Å². The molecule has 0 saturated heterocycles. The summed E-state index contributed by atoms with van der Waals surface area (Å²) in [5, 5.41) is 0. The van der Waals surface area contributed by atoms with Crippen LogP contribution in [0.3, 0.4) is 0 Å². The van der Waals surface area contributed by atoms with Crippen molar-refractivity contribution in [2.24, 2.45) is 11.3 Å². The van der Waals surface area contributed by atoms with E-state index < -0.39 is 0 Å². The third-order valence-electron chi connectivity index (χ3n) is 7.10. The first-order valence-corrected chi connectivity index (χ1v) is 11.4. The van der Waals surface area contributed by atoms with Gasteiger partial charge >= 0.3 is 5.90 Å². The van der Waals surface area contributed by atoms with Crippen molar-refractivity contribution < 1.29 is 9.31 Å². The van der Waals surface area contributed by atoms with Crippen molar-refractivity contribution in [3.8, 4) is 0 Å². The summed E-state index contributed by atoms with van der Waals surface area (Å²) in [6.45, 7) is 16.2. The first kappa shape index (κ1) is 20.9. The fourth-order valence-electron chi connectivity index (χ4n) is 5.53. The highest BCUT2D eigenvalue weighted by Crippen LogP contribution is 2.51. The summed E-state index contributed by atoms with van der Waals surface area (Å²) in [5.41, 5.74) is 5.43. The molecule has 1 unspecified atom stereocenters. The normalized spacial score (nSPS) is 28.4. The smallest absolute Gasteiger partial charge is 0.343 e. The topological polar surface area (TPSA) is 12.2 Å². The molecule has 0 fully saturated rings. The van der Waals surface area contributed by atoms with Gasteiger partial charge in [-0.2, -0.15) is 4.58 Å². The van der Waals surface area contributed by atoms with Gasteiger partial charge in [0.25, 0.3) is 0 Å². The van der Waals surface area contributed by atoms with Gasteiger partial charge in [0.1, 0.15) is 0 Å². The minimum absolute atomic E-state index is 0.0268. The Balaban J connectivity index is 1.94. The molecule has 158 valence electrons. The zero-order valence-corrected chi connectivity index (χ0v) is 19.2. The van der Waals surface area contributed by atoms with Gasteiger partial charge in [0, 0.05) is 11.5 Å². The number of hydrogen-bond donors (Lipinski definition) is 0. The van der Waals surface area contributed by atoms with Gasteiger partial charge in [0.05, 0.1) is 11.3 Å². The lowest BCUT2D eigenvalue weighted by atomic mass is 9.69. The maximum Gasteiger partial charge on any atom is 0.343 e. The van der Waals surface area contributed by atoms with Crippen LogP contribution in [0.4, 0.5) is 0 Å². The monoisotopic (exact) mass is 402 g/mol. The van der Waals surface area contributed by atoms with Crippen molar-refractivity contribution >= 4 is 5.90 Å². The second-order valence-electron chi connectivity index (χ2n) is 9.97. The molecule has 0 spiro atoms. The summed E-state index contributed by atoms with van der Waals surface area (Å²) in [5.74, 6) is 2.11. The van der Waals surface area contributed by atoms with Crippen molar-refractivity contribution in [1.29, 1.82) is 0 Å². The summed E-state index contributed by atoms with van der Waals surface area (Å²) in [7, 11) is 0. The lowest BCUT2D eigenvalue weighted by molar-refractivity contribution is -0.616. The number of hydrogen-bond acceptors (Lipinski definition) is 1. The molecule has 2 heteroatoms. The third kappa shape index (κ3) is 3.62. The molecule has 4 atom stereocenters. The molecule has 2 aromatic carbocycles. The highest BCUT2D eigenvalue weighted by Gasteiger charge is 2.57. The molecule has 0 aliphatic carbocycles. The summed E-state index contributed by atoms with van der Waals surface area (Å²) in [6.07, 6.45) is 4.07. The minimum atomic E-state index is -0.0268. The summed E-state index contributed by atoms with van der Waals surface area (Å²) in [6, 6.07) is 18.9. The van der Waals surface area contributed by atoms with Crippen LogP contribution in [0.2, 0.25) is 0 Å². The molecular formula is C28H36NO+. The average Bonchev–Trinajstić information content (AvgIpc) is 3.15. The highest BCUT2D eigenvalue weighted by molar-refractivity contribution is 5.80. The Morgan fingerprint density at radius 2 is 1.83 bits per heavy atom. The number of benzene rings is 2. The van der Waals surface area contributed by atoms with Crippen LogP contribution in [0, 0.1) is 25.2 Å². The van der Waals surface area contributed by atoms with Crippen LogP contribution in [0.1, 0.15) is 67.8 Å². The maximum absolute atomic E-state index is 6.48. The van der Waals surface area contributed by atoms with E-state index in [0.29, 0.717) is 17.9 Å². The van der Waals surface area contributed by atoms with E-state index >= 15 is 0 Å².